The van der Waals surface area contributed by atoms with Crippen LogP contribution in [0.1, 0.15) is 34.1 Å². The van der Waals surface area contributed by atoms with Crippen LogP contribution in [0.5, 0.6) is 0 Å². The fourth-order valence-electron chi connectivity index (χ4n) is 1.72. The Kier molecular flexibility index (Phi) is 8.86. The van der Waals surface area contributed by atoms with Crippen LogP contribution in [0, 0.1) is 5.92 Å². The third-order valence-corrected chi connectivity index (χ3v) is 2.91. The second kappa shape index (κ2) is 9.78. The Morgan fingerprint density at radius 3 is 1.96 bits per heavy atom. The minimum Gasteiger partial charge on any atom is -0.480 e. The number of carbonyl (C=O) groups is 4. The zero-order valence-electron chi connectivity index (χ0n) is 13.8. The van der Waals surface area contributed by atoms with E-state index in [1.54, 1.807) is 13.8 Å². The summed E-state index contributed by atoms with van der Waals surface area (Å²) in [6, 6.07) is -1.81. The first kappa shape index (κ1) is 20.8. The molecular formula is C14H25N3O6. The lowest BCUT2D eigenvalue weighted by Crippen LogP contribution is -2.55. The summed E-state index contributed by atoms with van der Waals surface area (Å²) in [4.78, 5) is 45.9. The van der Waals surface area contributed by atoms with Crippen LogP contribution in [-0.4, -0.2) is 58.6 Å². The number of rotatable bonds is 9. The predicted molar refractivity (Wildman–Crippen MR) is 81.3 cm³/mol. The summed E-state index contributed by atoms with van der Waals surface area (Å²) in [6.45, 7) is 5.75. The summed E-state index contributed by atoms with van der Waals surface area (Å²) in [5, 5.41) is 24.7. The zero-order chi connectivity index (χ0) is 18.2. The molecule has 1 unspecified atom stereocenters. The molecule has 0 heterocycles. The number of hydrogen-bond acceptors (Lipinski definition) is 5. The van der Waals surface area contributed by atoms with E-state index in [1.165, 1.54) is 13.8 Å². The highest BCUT2D eigenvalue weighted by molar-refractivity contribution is 5.92. The van der Waals surface area contributed by atoms with Gasteiger partial charge in [0.15, 0.2) is 0 Å². The van der Waals surface area contributed by atoms with Gasteiger partial charge in [-0.05, 0) is 19.8 Å². The summed E-state index contributed by atoms with van der Waals surface area (Å²) in [7, 11) is 0. The molecule has 0 fully saturated rings. The lowest BCUT2D eigenvalue weighted by molar-refractivity contribution is -0.139. The highest BCUT2D eigenvalue weighted by Crippen LogP contribution is 2.02. The van der Waals surface area contributed by atoms with Gasteiger partial charge in [-0.25, -0.2) is 0 Å². The molecule has 9 heteroatoms. The van der Waals surface area contributed by atoms with Crippen molar-refractivity contribution in [3.8, 4) is 0 Å². The molecule has 3 atom stereocenters. The predicted octanol–water partition coefficient (Wildman–Crippen LogP) is -1.40. The molecule has 0 aliphatic heterocycles. The summed E-state index contributed by atoms with van der Waals surface area (Å²) in [5.41, 5.74) is 0. The number of aliphatic hydroxyl groups excluding tert-OH is 1. The normalized spacial score (nSPS) is 14.5. The van der Waals surface area contributed by atoms with Crippen molar-refractivity contribution in [2.24, 2.45) is 5.92 Å². The third kappa shape index (κ3) is 8.77. The molecule has 23 heavy (non-hydrogen) atoms. The van der Waals surface area contributed by atoms with Gasteiger partial charge in [0.05, 0.1) is 12.5 Å². The maximum absolute atomic E-state index is 12.0. The van der Waals surface area contributed by atoms with E-state index in [9.17, 15) is 19.2 Å². The molecule has 5 N–H and O–H groups in total. The van der Waals surface area contributed by atoms with Crippen molar-refractivity contribution < 1.29 is 29.4 Å². The average molecular weight is 331 g/mol. The molecule has 0 aromatic heterocycles. The maximum Gasteiger partial charge on any atom is 0.322 e. The Labute approximate surface area is 134 Å². The summed E-state index contributed by atoms with van der Waals surface area (Å²) in [6.07, 6.45) is -0.958. The van der Waals surface area contributed by atoms with Crippen LogP contribution >= 0.6 is 0 Å². The van der Waals surface area contributed by atoms with Crippen LogP contribution in [0.25, 0.3) is 0 Å². The quantitative estimate of drug-likeness (QED) is 0.351. The van der Waals surface area contributed by atoms with Crippen molar-refractivity contribution in [1.82, 2.24) is 16.0 Å². The number of aliphatic hydroxyl groups is 1. The van der Waals surface area contributed by atoms with Crippen molar-refractivity contribution in [3.05, 3.63) is 0 Å². The maximum atomic E-state index is 12.0. The van der Waals surface area contributed by atoms with Gasteiger partial charge in [0.2, 0.25) is 17.7 Å². The Morgan fingerprint density at radius 1 is 0.957 bits per heavy atom. The Morgan fingerprint density at radius 2 is 1.52 bits per heavy atom. The SMILES string of the molecule is CC(O)CC(=O)N[C@@H](C)C(=O)N[C@H](C(=O)NCC(=O)O)C(C)C. The van der Waals surface area contributed by atoms with Gasteiger partial charge in [0, 0.05) is 0 Å². The minimum atomic E-state index is -1.19. The van der Waals surface area contributed by atoms with Gasteiger partial charge in [-0.15, -0.1) is 0 Å². The number of hydrogen-bond donors (Lipinski definition) is 5. The minimum absolute atomic E-state index is 0.135. The molecule has 0 aromatic rings. The second-order valence-corrected chi connectivity index (χ2v) is 5.68. The van der Waals surface area contributed by atoms with Gasteiger partial charge < -0.3 is 26.2 Å². The number of carboxylic acids is 1. The van der Waals surface area contributed by atoms with E-state index in [4.69, 9.17) is 10.2 Å². The zero-order valence-corrected chi connectivity index (χ0v) is 13.8. The van der Waals surface area contributed by atoms with E-state index in [1.807, 2.05) is 0 Å². The van der Waals surface area contributed by atoms with E-state index in [-0.39, 0.29) is 12.3 Å². The Balaban J connectivity index is 4.63. The number of aliphatic carboxylic acids is 1. The molecule has 0 saturated heterocycles. The molecule has 0 aliphatic carbocycles. The van der Waals surface area contributed by atoms with Crippen LogP contribution in [0.2, 0.25) is 0 Å². The number of amides is 3. The lowest BCUT2D eigenvalue weighted by Gasteiger charge is -2.23. The van der Waals surface area contributed by atoms with Gasteiger partial charge in [-0.3, -0.25) is 19.2 Å². The smallest absolute Gasteiger partial charge is 0.322 e. The molecule has 0 aliphatic rings. The van der Waals surface area contributed by atoms with E-state index >= 15 is 0 Å². The van der Waals surface area contributed by atoms with Crippen molar-refractivity contribution in [3.63, 3.8) is 0 Å². The van der Waals surface area contributed by atoms with Crippen molar-refractivity contribution in [2.45, 2.75) is 52.3 Å². The highest BCUT2D eigenvalue weighted by atomic mass is 16.4. The lowest BCUT2D eigenvalue weighted by atomic mass is 10.0. The number of nitrogens with one attached hydrogen (secondary N) is 3. The summed E-state index contributed by atoms with van der Waals surface area (Å²) in [5.74, 6) is -3.13. The van der Waals surface area contributed by atoms with Crippen LogP contribution in [0.15, 0.2) is 0 Å². The summed E-state index contributed by atoms with van der Waals surface area (Å²) < 4.78 is 0. The second-order valence-electron chi connectivity index (χ2n) is 5.68. The standard InChI is InChI=1S/C14H25N3O6/c1-7(2)12(14(23)15-6-11(20)21)17-13(22)9(4)16-10(19)5-8(3)18/h7-9,12,18H,5-6H2,1-4H3,(H,15,23)(H,16,19)(H,17,22)(H,20,21)/t8?,9-,12-/m0/s1. The van der Waals surface area contributed by atoms with Crippen LogP contribution in [-0.2, 0) is 19.2 Å². The Hall–Kier alpha value is -2.16. The van der Waals surface area contributed by atoms with E-state index in [0.717, 1.165) is 0 Å². The number of carbonyl (C=O) groups excluding carboxylic acids is 3. The average Bonchev–Trinajstić information content (AvgIpc) is 2.40. The van der Waals surface area contributed by atoms with Crippen molar-refractivity contribution in [1.29, 1.82) is 0 Å². The monoisotopic (exact) mass is 331 g/mol. The van der Waals surface area contributed by atoms with Crippen LogP contribution in [0.4, 0.5) is 0 Å². The molecule has 0 spiro atoms. The molecule has 9 nitrogen and oxygen atoms in total. The van der Waals surface area contributed by atoms with Gasteiger partial charge >= 0.3 is 5.97 Å². The molecule has 0 saturated carbocycles. The molecule has 132 valence electrons. The molecular weight excluding hydrogens is 306 g/mol. The van der Waals surface area contributed by atoms with Crippen LogP contribution in [0.3, 0.4) is 0 Å². The van der Waals surface area contributed by atoms with Crippen molar-refractivity contribution in [2.75, 3.05) is 6.54 Å². The fraction of sp³-hybridized carbons (Fsp3) is 0.714. The van der Waals surface area contributed by atoms with E-state index < -0.39 is 48.4 Å². The first-order valence-corrected chi connectivity index (χ1v) is 7.31. The highest BCUT2D eigenvalue weighted by Gasteiger charge is 2.27. The van der Waals surface area contributed by atoms with Gasteiger partial charge in [0.25, 0.3) is 0 Å². The van der Waals surface area contributed by atoms with Gasteiger partial charge in [-0.2, -0.15) is 0 Å². The first-order chi connectivity index (χ1) is 10.5. The molecule has 0 radical (unpaired) electrons. The molecule has 0 rings (SSSR count). The largest absolute Gasteiger partial charge is 0.480 e. The molecule has 0 aromatic carbocycles. The summed E-state index contributed by atoms with van der Waals surface area (Å²) >= 11 is 0. The third-order valence-electron chi connectivity index (χ3n) is 2.91. The number of carboxylic acid groups (broad SMARTS) is 1. The van der Waals surface area contributed by atoms with Crippen molar-refractivity contribution >= 4 is 23.7 Å². The van der Waals surface area contributed by atoms with E-state index in [0.29, 0.717) is 0 Å². The van der Waals surface area contributed by atoms with E-state index in [2.05, 4.69) is 16.0 Å². The molecule has 3 amide bonds. The topological polar surface area (TPSA) is 145 Å². The first-order valence-electron chi connectivity index (χ1n) is 7.31. The fourth-order valence-corrected chi connectivity index (χ4v) is 1.72. The van der Waals surface area contributed by atoms with Gasteiger partial charge in [0.1, 0.15) is 18.6 Å². The Bertz CT molecular complexity index is 450. The van der Waals surface area contributed by atoms with Crippen LogP contribution < -0.4 is 16.0 Å². The van der Waals surface area contributed by atoms with Gasteiger partial charge in [-0.1, -0.05) is 13.8 Å². The molecule has 0 bridgehead atoms.